The average molecular weight is 482 g/mol. The van der Waals surface area contributed by atoms with E-state index >= 15 is 0 Å². The van der Waals surface area contributed by atoms with Crippen LogP contribution in [-0.4, -0.2) is 46.6 Å². The highest BCUT2D eigenvalue weighted by Crippen LogP contribution is 2.36. The predicted octanol–water partition coefficient (Wildman–Crippen LogP) is 4.47. The van der Waals surface area contributed by atoms with Crippen LogP contribution in [0.15, 0.2) is 71.5 Å². The van der Waals surface area contributed by atoms with Crippen LogP contribution in [0.3, 0.4) is 0 Å². The molecule has 6 rings (SSSR count). The quantitative estimate of drug-likeness (QED) is 0.382. The van der Waals surface area contributed by atoms with Crippen molar-refractivity contribution in [1.82, 2.24) is 14.0 Å². The molecule has 6 heteroatoms. The standard InChI is InChI=1S/C30H31N3O3/c1-20-30(25-14-24(36-2)11-12-27(25)32(20)16-21-7-4-3-5-8-21)28(34)19-31-15-22-13-23(18-31)26-9-6-10-29(35)33(26)17-22/h3-12,14,22-23H,13,15-19H2,1-2H3/t22-,23-/m1/s1. The lowest BCUT2D eigenvalue weighted by molar-refractivity contribution is 0.0818. The first-order valence-electron chi connectivity index (χ1n) is 12.7. The number of hydrogen-bond acceptors (Lipinski definition) is 4. The Morgan fingerprint density at radius 3 is 2.64 bits per heavy atom. The molecule has 0 aliphatic carbocycles. The van der Waals surface area contributed by atoms with Crippen molar-refractivity contribution < 1.29 is 9.53 Å². The molecule has 184 valence electrons. The Kier molecular flexibility index (Phi) is 5.76. The second-order valence-electron chi connectivity index (χ2n) is 10.2. The molecular formula is C30H31N3O3. The number of benzene rings is 2. The topological polar surface area (TPSA) is 56.5 Å². The number of fused-ring (bicyclic) bond motifs is 5. The van der Waals surface area contributed by atoms with Crippen LogP contribution >= 0.6 is 0 Å². The zero-order chi connectivity index (χ0) is 24.8. The Morgan fingerprint density at radius 2 is 1.83 bits per heavy atom. The maximum Gasteiger partial charge on any atom is 0.250 e. The highest BCUT2D eigenvalue weighted by Gasteiger charge is 2.35. The van der Waals surface area contributed by atoms with Crippen molar-refractivity contribution >= 4 is 16.7 Å². The number of ether oxygens (including phenoxy) is 1. The zero-order valence-corrected chi connectivity index (χ0v) is 20.8. The summed E-state index contributed by atoms with van der Waals surface area (Å²) in [4.78, 5) is 28.5. The minimum Gasteiger partial charge on any atom is -0.497 e. The number of likely N-dealkylation sites (tertiary alicyclic amines) is 1. The largest absolute Gasteiger partial charge is 0.497 e. The van der Waals surface area contributed by atoms with Gasteiger partial charge in [0.05, 0.1) is 13.7 Å². The van der Waals surface area contributed by atoms with Gasteiger partial charge in [0, 0.05) is 66.0 Å². The first-order valence-corrected chi connectivity index (χ1v) is 12.7. The predicted molar refractivity (Wildman–Crippen MR) is 141 cm³/mol. The summed E-state index contributed by atoms with van der Waals surface area (Å²) in [5.74, 6) is 1.58. The van der Waals surface area contributed by atoms with Crippen molar-refractivity contribution in [2.24, 2.45) is 5.92 Å². The lowest BCUT2D eigenvalue weighted by atomic mass is 9.83. The summed E-state index contributed by atoms with van der Waals surface area (Å²) in [6, 6.07) is 21.9. The van der Waals surface area contributed by atoms with Gasteiger partial charge in [-0.2, -0.15) is 0 Å². The fraction of sp³-hybridized carbons (Fsp3) is 0.333. The van der Waals surface area contributed by atoms with E-state index in [1.54, 1.807) is 13.2 Å². The zero-order valence-electron chi connectivity index (χ0n) is 20.8. The van der Waals surface area contributed by atoms with Gasteiger partial charge in [-0.3, -0.25) is 14.5 Å². The summed E-state index contributed by atoms with van der Waals surface area (Å²) in [7, 11) is 1.66. The Bertz CT molecular complexity index is 1500. The van der Waals surface area contributed by atoms with E-state index in [2.05, 4.69) is 40.7 Å². The Morgan fingerprint density at radius 1 is 1.00 bits per heavy atom. The molecule has 2 aliphatic rings. The fourth-order valence-corrected chi connectivity index (χ4v) is 6.32. The van der Waals surface area contributed by atoms with E-state index in [0.717, 1.165) is 59.7 Å². The molecule has 4 heterocycles. The molecule has 2 aromatic heterocycles. The van der Waals surface area contributed by atoms with Crippen LogP contribution in [0.1, 0.15) is 39.6 Å². The van der Waals surface area contributed by atoms with Crippen molar-refractivity contribution in [2.75, 3.05) is 26.7 Å². The average Bonchev–Trinajstić information content (AvgIpc) is 3.15. The van der Waals surface area contributed by atoms with E-state index in [0.29, 0.717) is 24.9 Å². The van der Waals surface area contributed by atoms with Gasteiger partial charge < -0.3 is 13.9 Å². The van der Waals surface area contributed by atoms with Gasteiger partial charge in [0.2, 0.25) is 0 Å². The summed E-state index contributed by atoms with van der Waals surface area (Å²) in [5, 5.41) is 0.946. The van der Waals surface area contributed by atoms with Gasteiger partial charge >= 0.3 is 0 Å². The van der Waals surface area contributed by atoms with Crippen LogP contribution in [0.25, 0.3) is 10.9 Å². The third kappa shape index (κ3) is 3.95. The molecule has 2 aliphatic heterocycles. The minimum absolute atomic E-state index is 0.0857. The molecule has 0 N–H and O–H groups in total. The molecule has 0 saturated carbocycles. The molecule has 1 fully saturated rings. The van der Waals surface area contributed by atoms with Gasteiger partial charge in [-0.15, -0.1) is 0 Å². The van der Waals surface area contributed by atoms with E-state index in [4.69, 9.17) is 4.74 Å². The Hall–Kier alpha value is -3.64. The van der Waals surface area contributed by atoms with E-state index in [-0.39, 0.29) is 11.3 Å². The second-order valence-corrected chi connectivity index (χ2v) is 10.2. The third-order valence-electron chi connectivity index (χ3n) is 7.92. The number of rotatable bonds is 6. The number of Topliss-reactive ketones (excluding diaryl/α,β-unsaturated/α-hetero) is 1. The van der Waals surface area contributed by atoms with Crippen molar-refractivity contribution in [3.05, 3.63) is 99.6 Å². The number of pyridine rings is 1. The van der Waals surface area contributed by atoms with Gasteiger partial charge in [0.1, 0.15) is 5.75 Å². The number of piperidine rings is 1. The Balaban J connectivity index is 1.32. The summed E-state index contributed by atoms with van der Waals surface area (Å²) in [5.41, 5.74) is 5.21. The maximum absolute atomic E-state index is 13.9. The normalized spacial score (nSPS) is 19.3. The van der Waals surface area contributed by atoms with Crippen LogP contribution in [-0.2, 0) is 13.1 Å². The first-order chi connectivity index (χ1) is 17.5. The number of carbonyl (C=O) groups excluding carboxylic acids is 1. The summed E-state index contributed by atoms with van der Waals surface area (Å²) < 4.78 is 9.69. The van der Waals surface area contributed by atoms with E-state index in [1.165, 1.54) is 5.56 Å². The molecule has 2 bridgehead atoms. The number of methoxy groups -OCH3 is 1. The second kappa shape index (κ2) is 9.10. The number of carbonyl (C=O) groups is 1. The van der Waals surface area contributed by atoms with Crippen LogP contribution in [0.4, 0.5) is 0 Å². The van der Waals surface area contributed by atoms with Crippen molar-refractivity contribution in [3.63, 3.8) is 0 Å². The van der Waals surface area contributed by atoms with Crippen molar-refractivity contribution in [2.45, 2.75) is 32.4 Å². The smallest absolute Gasteiger partial charge is 0.250 e. The Labute approximate surface area is 210 Å². The molecule has 0 unspecified atom stereocenters. The van der Waals surface area contributed by atoms with E-state index in [9.17, 15) is 9.59 Å². The molecule has 36 heavy (non-hydrogen) atoms. The van der Waals surface area contributed by atoms with Gasteiger partial charge in [-0.1, -0.05) is 36.4 Å². The molecule has 0 spiro atoms. The molecule has 0 amide bonds. The minimum atomic E-state index is 0.0857. The molecule has 0 radical (unpaired) electrons. The number of ketones is 1. The summed E-state index contributed by atoms with van der Waals surface area (Å²) in [6.45, 7) is 5.53. The van der Waals surface area contributed by atoms with Gasteiger partial charge in [0.15, 0.2) is 5.78 Å². The molecule has 4 aromatic rings. The maximum atomic E-state index is 13.9. The fourth-order valence-electron chi connectivity index (χ4n) is 6.32. The van der Waals surface area contributed by atoms with Crippen LogP contribution in [0.2, 0.25) is 0 Å². The van der Waals surface area contributed by atoms with E-state index in [1.807, 2.05) is 41.0 Å². The van der Waals surface area contributed by atoms with Crippen LogP contribution in [0, 0.1) is 12.8 Å². The van der Waals surface area contributed by atoms with Crippen molar-refractivity contribution in [3.8, 4) is 5.75 Å². The van der Waals surface area contributed by atoms with E-state index < -0.39 is 0 Å². The monoisotopic (exact) mass is 481 g/mol. The van der Waals surface area contributed by atoms with Crippen molar-refractivity contribution in [1.29, 1.82) is 0 Å². The molecule has 6 nitrogen and oxygen atoms in total. The molecule has 2 atom stereocenters. The first kappa shape index (κ1) is 22.8. The molecular weight excluding hydrogens is 450 g/mol. The number of nitrogens with zero attached hydrogens (tertiary/aromatic N) is 3. The van der Waals surface area contributed by atoms with Crippen LogP contribution in [0.5, 0.6) is 5.75 Å². The highest BCUT2D eigenvalue weighted by atomic mass is 16.5. The lowest BCUT2D eigenvalue weighted by Gasteiger charge is -2.42. The third-order valence-corrected chi connectivity index (χ3v) is 7.92. The lowest BCUT2D eigenvalue weighted by Crippen LogP contribution is -2.48. The number of hydrogen-bond donors (Lipinski definition) is 0. The van der Waals surface area contributed by atoms with Gasteiger partial charge in [0.25, 0.3) is 5.56 Å². The SMILES string of the molecule is COc1ccc2c(c1)c(C(=O)CN1C[C@H]3C[C@H](C1)c1cccc(=O)n1C3)c(C)n2Cc1ccccc1. The van der Waals surface area contributed by atoms with Gasteiger partial charge in [-0.25, -0.2) is 0 Å². The summed E-state index contributed by atoms with van der Waals surface area (Å²) >= 11 is 0. The highest BCUT2D eigenvalue weighted by molar-refractivity contribution is 6.10. The van der Waals surface area contributed by atoms with Gasteiger partial charge in [-0.05, 0) is 49.1 Å². The molecule has 1 saturated heterocycles. The molecule has 2 aromatic carbocycles. The summed E-state index contributed by atoms with van der Waals surface area (Å²) in [6.07, 6.45) is 1.08. The number of aromatic nitrogens is 2. The van der Waals surface area contributed by atoms with Crippen LogP contribution < -0.4 is 10.3 Å².